The first-order valence-electron chi connectivity index (χ1n) is 8.07. The number of amides is 1. The average Bonchev–Trinajstić information content (AvgIpc) is 2.46. The molecule has 2 fully saturated rings. The van der Waals surface area contributed by atoms with Gasteiger partial charge in [0.1, 0.15) is 5.54 Å². The van der Waals surface area contributed by atoms with E-state index in [1.807, 2.05) is 27.7 Å². The van der Waals surface area contributed by atoms with Gasteiger partial charge >= 0.3 is 0 Å². The Morgan fingerprint density at radius 3 is 2.76 bits per heavy atom. The second-order valence-electron chi connectivity index (χ2n) is 7.47. The first-order valence-corrected chi connectivity index (χ1v) is 8.07. The Labute approximate surface area is 127 Å². The molecule has 5 nitrogen and oxygen atoms in total. The fourth-order valence-electron chi connectivity index (χ4n) is 3.99. The Bertz CT molecular complexity index is 412. The van der Waals surface area contributed by atoms with Crippen LogP contribution in [0.15, 0.2) is 0 Å². The van der Waals surface area contributed by atoms with Crippen molar-refractivity contribution in [1.82, 2.24) is 5.32 Å². The average molecular weight is 298 g/mol. The molecule has 1 saturated heterocycles. The molecule has 5 heteroatoms. The van der Waals surface area contributed by atoms with E-state index in [0.29, 0.717) is 6.42 Å². The van der Waals surface area contributed by atoms with Crippen molar-refractivity contribution < 1.29 is 14.6 Å². The lowest BCUT2D eigenvalue weighted by atomic mass is 9.46. The van der Waals surface area contributed by atoms with Crippen molar-refractivity contribution in [2.45, 2.75) is 70.6 Å². The van der Waals surface area contributed by atoms with Crippen LogP contribution in [0.4, 0.5) is 0 Å². The molecule has 21 heavy (non-hydrogen) atoms. The van der Waals surface area contributed by atoms with Gasteiger partial charge in [-0.25, -0.2) is 0 Å². The number of fused-ring (bicyclic) bond motifs is 1. The van der Waals surface area contributed by atoms with Crippen LogP contribution in [0.1, 0.15) is 53.4 Å². The molecule has 2 rings (SSSR count). The number of ether oxygens (including phenoxy) is 1. The minimum atomic E-state index is -0.885. The van der Waals surface area contributed by atoms with Gasteiger partial charge in [0.25, 0.3) is 0 Å². The van der Waals surface area contributed by atoms with Crippen LogP contribution in [-0.4, -0.2) is 41.4 Å². The SMILES string of the molecule is CCC(C)(CCO)NC(=O)C1(N)C2CCCOC2C1(C)C. The summed E-state index contributed by atoms with van der Waals surface area (Å²) in [6.45, 7) is 8.84. The molecule has 0 aromatic heterocycles. The van der Waals surface area contributed by atoms with Crippen molar-refractivity contribution in [3.63, 3.8) is 0 Å². The molecular formula is C16H30N2O3. The molecule has 4 atom stereocenters. The first kappa shape index (κ1) is 16.7. The summed E-state index contributed by atoms with van der Waals surface area (Å²) in [5.74, 6) is -0.00599. The van der Waals surface area contributed by atoms with E-state index in [2.05, 4.69) is 5.32 Å². The third-order valence-corrected chi connectivity index (χ3v) is 5.92. The zero-order valence-electron chi connectivity index (χ0n) is 13.7. The largest absolute Gasteiger partial charge is 0.396 e. The van der Waals surface area contributed by atoms with E-state index < -0.39 is 11.1 Å². The highest BCUT2D eigenvalue weighted by Gasteiger charge is 2.70. The van der Waals surface area contributed by atoms with Gasteiger partial charge in [0.05, 0.1) is 6.10 Å². The minimum Gasteiger partial charge on any atom is -0.396 e. The molecule has 1 aliphatic heterocycles. The number of carbonyl (C=O) groups excluding carboxylic acids is 1. The van der Waals surface area contributed by atoms with E-state index in [9.17, 15) is 9.90 Å². The number of aliphatic hydroxyl groups is 1. The summed E-state index contributed by atoms with van der Waals surface area (Å²) in [4.78, 5) is 12.9. The van der Waals surface area contributed by atoms with Crippen LogP contribution in [0.3, 0.4) is 0 Å². The summed E-state index contributed by atoms with van der Waals surface area (Å²) in [5, 5.41) is 12.3. The van der Waals surface area contributed by atoms with Gasteiger partial charge in [0.2, 0.25) is 5.91 Å². The summed E-state index contributed by atoms with van der Waals surface area (Å²) < 4.78 is 5.84. The van der Waals surface area contributed by atoms with Crippen molar-refractivity contribution in [3.05, 3.63) is 0 Å². The molecule has 1 saturated carbocycles. The Balaban J connectivity index is 2.17. The normalized spacial score (nSPS) is 37.0. The predicted octanol–water partition coefficient (Wildman–Crippen LogP) is 1.19. The molecule has 1 aliphatic carbocycles. The minimum absolute atomic E-state index is 0.0563. The highest BCUT2D eigenvalue weighted by Crippen LogP contribution is 2.57. The fraction of sp³-hybridized carbons (Fsp3) is 0.938. The van der Waals surface area contributed by atoms with Gasteiger partial charge in [0.15, 0.2) is 0 Å². The van der Waals surface area contributed by atoms with Gasteiger partial charge in [-0.3, -0.25) is 4.79 Å². The highest BCUT2D eigenvalue weighted by atomic mass is 16.5. The van der Waals surface area contributed by atoms with Crippen molar-refractivity contribution in [2.24, 2.45) is 17.1 Å². The lowest BCUT2D eigenvalue weighted by molar-refractivity contribution is -0.226. The van der Waals surface area contributed by atoms with Crippen molar-refractivity contribution >= 4 is 5.91 Å². The highest BCUT2D eigenvalue weighted by molar-refractivity contribution is 5.90. The molecule has 1 amide bonds. The lowest BCUT2D eigenvalue weighted by Gasteiger charge is -2.65. The first-order chi connectivity index (χ1) is 9.73. The molecule has 0 aromatic carbocycles. The standard InChI is InChI=1S/C16H30N2O3/c1-5-15(4,8-9-19)18-13(20)16(17)11-7-6-10-21-12(11)14(16,2)3/h11-12,19H,5-10,17H2,1-4H3,(H,18,20). The summed E-state index contributed by atoms with van der Waals surface area (Å²) in [6, 6.07) is 0. The van der Waals surface area contributed by atoms with Crippen molar-refractivity contribution in [2.75, 3.05) is 13.2 Å². The third kappa shape index (κ3) is 2.39. The Morgan fingerprint density at radius 2 is 2.19 bits per heavy atom. The number of aliphatic hydroxyl groups excluding tert-OH is 1. The van der Waals surface area contributed by atoms with Crippen LogP contribution < -0.4 is 11.1 Å². The summed E-state index contributed by atoms with van der Waals surface area (Å²) >= 11 is 0. The van der Waals surface area contributed by atoms with Gasteiger partial charge in [-0.05, 0) is 32.6 Å². The van der Waals surface area contributed by atoms with Gasteiger partial charge in [0, 0.05) is 30.1 Å². The van der Waals surface area contributed by atoms with Gasteiger partial charge in [-0.15, -0.1) is 0 Å². The van der Waals surface area contributed by atoms with E-state index in [1.165, 1.54) is 0 Å². The van der Waals surface area contributed by atoms with Crippen LogP contribution in [0.2, 0.25) is 0 Å². The quantitative estimate of drug-likeness (QED) is 0.712. The molecule has 4 unspecified atom stereocenters. The van der Waals surface area contributed by atoms with Crippen LogP contribution in [0.5, 0.6) is 0 Å². The molecule has 4 N–H and O–H groups in total. The van der Waals surface area contributed by atoms with E-state index >= 15 is 0 Å². The lowest BCUT2D eigenvalue weighted by Crippen LogP contribution is -2.83. The number of rotatable bonds is 5. The molecule has 1 heterocycles. The molecule has 0 spiro atoms. The Morgan fingerprint density at radius 1 is 1.52 bits per heavy atom. The molecule has 0 aromatic rings. The summed E-state index contributed by atoms with van der Waals surface area (Å²) in [5.41, 5.74) is 4.92. The zero-order chi connectivity index (χ0) is 15.9. The maximum absolute atomic E-state index is 12.9. The smallest absolute Gasteiger partial charge is 0.241 e. The number of carbonyl (C=O) groups is 1. The van der Waals surface area contributed by atoms with Gasteiger partial charge in [-0.1, -0.05) is 20.8 Å². The summed E-state index contributed by atoms with van der Waals surface area (Å²) in [6.07, 6.45) is 3.29. The summed E-state index contributed by atoms with van der Waals surface area (Å²) in [7, 11) is 0. The monoisotopic (exact) mass is 298 g/mol. The number of nitrogens with one attached hydrogen (secondary N) is 1. The Kier molecular flexibility index (Phi) is 4.40. The van der Waals surface area contributed by atoms with Crippen molar-refractivity contribution in [1.29, 1.82) is 0 Å². The maximum atomic E-state index is 12.9. The van der Waals surface area contributed by atoms with E-state index in [0.717, 1.165) is 25.9 Å². The van der Waals surface area contributed by atoms with Crippen LogP contribution in [-0.2, 0) is 9.53 Å². The maximum Gasteiger partial charge on any atom is 0.241 e. The van der Waals surface area contributed by atoms with E-state index in [1.54, 1.807) is 0 Å². The van der Waals surface area contributed by atoms with Gasteiger partial charge in [-0.2, -0.15) is 0 Å². The molecule has 122 valence electrons. The van der Waals surface area contributed by atoms with Gasteiger partial charge < -0.3 is 20.9 Å². The molecular weight excluding hydrogens is 268 g/mol. The topological polar surface area (TPSA) is 84.6 Å². The van der Waals surface area contributed by atoms with Crippen LogP contribution >= 0.6 is 0 Å². The third-order valence-electron chi connectivity index (χ3n) is 5.92. The fourth-order valence-corrected chi connectivity index (χ4v) is 3.99. The predicted molar refractivity (Wildman–Crippen MR) is 81.7 cm³/mol. The number of hydrogen-bond acceptors (Lipinski definition) is 4. The zero-order valence-corrected chi connectivity index (χ0v) is 13.7. The molecule has 2 aliphatic rings. The Hall–Kier alpha value is -0.650. The second-order valence-corrected chi connectivity index (χ2v) is 7.47. The van der Waals surface area contributed by atoms with Crippen molar-refractivity contribution in [3.8, 4) is 0 Å². The van der Waals surface area contributed by atoms with E-state index in [-0.39, 0.29) is 30.0 Å². The molecule has 0 bridgehead atoms. The van der Waals surface area contributed by atoms with Crippen LogP contribution in [0.25, 0.3) is 0 Å². The number of nitrogens with two attached hydrogens (primary N) is 1. The second kappa shape index (κ2) is 5.52. The van der Waals surface area contributed by atoms with E-state index in [4.69, 9.17) is 10.5 Å². The molecule has 0 radical (unpaired) electrons. The number of hydrogen-bond donors (Lipinski definition) is 3. The van der Waals surface area contributed by atoms with Crippen LogP contribution in [0, 0.1) is 11.3 Å².